The number of hydrogen-bond acceptors (Lipinski definition) is 4. The number of thiazole rings is 1. The zero-order chi connectivity index (χ0) is 14.2. The van der Waals surface area contributed by atoms with Crippen molar-refractivity contribution in [3.8, 4) is 0 Å². The molecule has 1 saturated carbocycles. The molecule has 2 aliphatic rings. The summed E-state index contributed by atoms with van der Waals surface area (Å²) in [5.41, 5.74) is 2.63. The maximum atomic E-state index is 4.94. The summed E-state index contributed by atoms with van der Waals surface area (Å²) in [4.78, 5) is 10.8. The molecule has 2 aromatic heterocycles. The van der Waals surface area contributed by atoms with Crippen molar-refractivity contribution in [2.45, 2.75) is 57.5 Å². The van der Waals surface area contributed by atoms with Crippen molar-refractivity contribution < 1.29 is 0 Å². The van der Waals surface area contributed by atoms with Crippen LogP contribution in [0.25, 0.3) is 0 Å². The quantitative estimate of drug-likeness (QED) is 0.890. The highest BCUT2D eigenvalue weighted by Gasteiger charge is 2.30. The Hall–Kier alpha value is -1.20. The smallest absolute Gasteiger partial charge is 0.116 e. The van der Waals surface area contributed by atoms with E-state index in [1.54, 1.807) is 0 Å². The highest BCUT2D eigenvalue weighted by Crippen LogP contribution is 2.39. The maximum Gasteiger partial charge on any atom is 0.116 e. The molecule has 1 N–H and O–H groups in total. The number of nitrogens with one attached hydrogen (secondary N) is 1. The van der Waals surface area contributed by atoms with Gasteiger partial charge in [0.1, 0.15) is 11.0 Å². The van der Waals surface area contributed by atoms with E-state index in [-0.39, 0.29) is 6.04 Å². The number of aryl methyl sites for hydroxylation is 2. The van der Waals surface area contributed by atoms with Crippen LogP contribution in [-0.4, -0.2) is 21.1 Å². The van der Waals surface area contributed by atoms with Crippen molar-refractivity contribution in [1.29, 1.82) is 0 Å². The van der Waals surface area contributed by atoms with Crippen LogP contribution in [0, 0.1) is 0 Å². The third-order valence-corrected chi connectivity index (χ3v) is 5.61. The molecule has 1 fully saturated rings. The Balaban J connectivity index is 1.67. The summed E-state index contributed by atoms with van der Waals surface area (Å²) < 4.78 is 2.36. The van der Waals surface area contributed by atoms with Crippen LogP contribution in [0.2, 0.25) is 0 Å². The molecule has 0 radical (unpaired) electrons. The Kier molecular flexibility index (Phi) is 3.55. The van der Waals surface area contributed by atoms with E-state index in [1.165, 1.54) is 47.0 Å². The predicted molar refractivity (Wildman–Crippen MR) is 84.8 cm³/mol. The van der Waals surface area contributed by atoms with Crippen LogP contribution in [0.3, 0.4) is 0 Å². The number of rotatable bonds is 6. The van der Waals surface area contributed by atoms with Crippen molar-refractivity contribution in [2.75, 3.05) is 6.54 Å². The second-order valence-electron chi connectivity index (χ2n) is 6.12. The molecule has 0 amide bonds. The van der Waals surface area contributed by atoms with Gasteiger partial charge in [0, 0.05) is 10.9 Å². The van der Waals surface area contributed by atoms with Gasteiger partial charge in [-0.3, -0.25) is 0 Å². The van der Waals surface area contributed by atoms with Gasteiger partial charge in [0.25, 0.3) is 0 Å². The minimum Gasteiger partial charge on any atom is -0.330 e. The van der Waals surface area contributed by atoms with Crippen molar-refractivity contribution in [1.82, 2.24) is 19.9 Å². The molecule has 2 heterocycles. The van der Waals surface area contributed by atoms with Gasteiger partial charge in [-0.1, -0.05) is 6.92 Å². The molecule has 112 valence electrons. The number of nitrogens with zero attached hydrogens (tertiary/aromatic N) is 3. The summed E-state index contributed by atoms with van der Waals surface area (Å²) in [6.45, 7) is 3.23. The van der Waals surface area contributed by atoms with E-state index in [9.17, 15) is 0 Å². The van der Waals surface area contributed by atoms with Gasteiger partial charge in [0.05, 0.1) is 23.9 Å². The first-order valence-electron chi connectivity index (χ1n) is 8.10. The van der Waals surface area contributed by atoms with Crippen LogP contribution in [0.4, 0.5) is 0 Å². The number of imidazole rings is 1. The van der Waals surface area contributed by atoms with Gasteiger partial charge < -0.3 is 9.88 Å². The molecule has 1 unspecified atom stereocenters. The van der Waals surface area contributed by atoms with Crippen LogP contribution in [-0.2, 0) is 12.8 Å². The number of fused-ring (bicyclic) bond motifs is 1. The van der Waals surface area contributed by atoms with E-state index in [4.69, 9.17) is 4.98 Å². The van der Waals surface area contributed by atoms with E-state index in [2.05, 4.69) is 21.8 Å². The summed E-state index contributed by atoms with van der Waals surface area (Å²) in [6.07, 6.45) is 11.4. The fourth-order valence-corrected chi connectivity index (χ4v) is 4.38. The molecule has 2 aliphatic carbocycles. The monoisotopic (exact) mass is 302 g/mol. The van der Waals surface area contributed by atoms with Crippen LogP contribution < -0.4 is 5.32 Å². The van der Waals surface area contributed by atoms with Crippen LogP contribution in [0.15, 0.2) is 12.5 Å². The van der Waals surface area contributed by atoms with Gasteiger partial charge >= 0.3 is 0 Å². The van der Waals surface area contributed by atoms with Gasteiger partial charge in [0.2, 0.25) is 0 Å². The van der Waals surface area contributed by atoms with Gasteiger partial charge in [-0.25, -0.2) is 9.97 Å². The largest absolute Gasteiger partial charge is 0.330 e. The summed E-state index contributed by atoms with van der Waals surface area (Å²) in [7, 11) is 0. The number of aromatic nitrogens is 3. The third-order valence-electron chi connectivity index (χ3n) is 4.39. The molecule has 0 aromatic carbocycles. The van der Waals surface area contributed by atoms with Crippen LogP contribution >= 0.6 is 11.3 Å². The van der Waals surface area contributed by atoms with Crippen molar-refractivity contribution in [3.05, 3.63) is 33.8 Å². The Morgan fingerprint density at radius 3 is 3.10 bits per heavy atom. The van der Waals surface area contributed by atoms with Gasteiger partial charge in [-0.05, 0) is 45.1 Å². The molecule has 5 heteroatoms. The second kappa shape index (κ2) is 5.54. The van der Waals surface area contributed by atoms with E-state index in [0.717, 1.165) is 19.4 Å². The lowest BCUT2D eigenvalue weighted by Crippen LogP contribution is -2.25. The molecule has 1 atom stereocenters. The summed E-state index contributed by atoms with van der Waals surface area (Å²) in [6, 6.07) is 0.879. The Labute approximate surface area is 129 Å². The fourth-order valence-electron chi connectivity index (χ4n) is 3.14. The normalized spacial score (nSPS) is 18.9. The summed E-state index contributed by atoms with van der Waals surface area (Å²) in [5, 5.41) is 4.92. The van der Waals surface area contributed by atoms with Gasteiger partial charge in [-0.15, -0.1) is 11.3 Å². The van der Waals surface area contributed by atoms with Crippen LogP contribution in [0.5, 0.6) is 0 Å². The lowest BCUT2D eigenvalue weighted by Gasteiger charge is -2.18. The third kappa shape index (κ3) is 2.53. The molecule has 0 spiro atoms. The molecule has 21 heavy (non-hydrogen) atoms. The van der Waals surface area contributed by atoms with Crippen LogP contribution in [0.1, 0.15) is 66.0 Å². The molecule has 4 nitrogen and oxygen atoms in total. The minimum atomic E-state index is 0.212. The van der Waals surface area contributed by atoms with Crippen molar-refractivity contribution in [2.24, 2.45) is 0 Å². The first-order chi connectivity index (χ1) is 10.4. The van der Waals surface area contributed by atoms with Crippen molar-refractivity contribution >= 4 is 11.3 Å². The zero-order valence-corrected chi connectivity index (χ0v) is 13.3. The Bertz CT molecular complexity index is 605. The van der Waals surface area contributed by atoms with E-state index < -0.39 is 0 Å². The molecule has 0 bridgehead atoms. The number of hydrogen-bond donors (Lipinski definition) is 1. The molecule has 0 saturated heterocycles. The predicted octanol–water partition coefficient (Wildman–Crippen LogP) is 3.25. The minimum absolute atomic E-state index is 0.212. The lowest BCUT2D eigenvalue weighted by atomic mass is 10.2. The van der Waals surface area contributed by atoms with Gasteiger partial charge in [-0.2, -0.15) is 0 Å². The van der Waals surface area contributed by atoms with E-state index in [0.29, 0.717) is 6.04 Å². The molecule has 2 aromatic rings. The topological polar surface area (TPSA) is 42.7 Å². The fraction of sp³-hybridized carbons (Fsp3) is 0.625. The standard InChI is InChI=1S/C16H22N4S/c1-2-8-18-15(13-9-17-10-20(13)11-6-7-11)16-19-12-4-3-5-14(12)21-16/h9-11,15,18H,2-8H2,1H3. The maximum absolute atomic E-state index is 4.94. The summed E-state index contributed by atoms with van der Waals surface area (Å²) >= 11 is 1.90. The van der Waals surface area contributed by atoms with Crippen molar-refractivity contribution in [3.63, 3.8) is 0 Å². The molecular formula is C16H22N4S. The first-order valence-corrected chi connectivity index (χ1v) is 8.92. The Morgan fingerprint density at radius 1 is 1.43 bits per heavy atom. The SMILES string of the molecule is CCCNC(c1nc2c(s1)CCC2)c1cncn1C1CC1. The zero-order valence-electron chi connectivity index (χ0n) is 12.5. The molecule has 4 rings (SSSR count). The first kappa shape index (κ1) is 13.5. The molecule has 0 aliphatic heterocycles. The van der Waals surface area contributed by atoms with Gasteiger partial charge in [0.15, 0.2) is 0 Å². The van der Waals surface area contributed by atoms with E-state index >= 15 is 0 Å². The summed E-state index contributed by atoms with van der Waals surface area (Å²) in [5.74, 6) is 0. The average Bonchev–Trinajstić information content (AvgIpc) is 2.88. The highest BCUT2D eigenvalue weighted by atomic mass is 32.1. The lowest BCUT2D eigenvalue weighted by molar-refractivity contribution is 0.548. The highest BCUT2D eigenvalue weighted by molar-refractivity contribution is 7.11. The average molecular weight is 302 g/mol. The second-order valence-corrected chi connectivity index (χ2v) is 7.23. The van der Waals surface area contributed by atoms with E-state index in [1.807, 2.05) is 23.9 Å². The Morgan fingerprint density at radius 2 is 2.33 bits per heavy atom. The molecular weight excluding hydrogens is 280 g/mol.